The number of halogens is 1. The average Bonchev–Trinajstić information content (AvgIpc) is 2.72. The van der Waals surface area contributed by atoms with Crippen LogP contribution in [-0.4, -0.2) is 11.0 Å². The number of benzene rings is 1. The molecule has 3 rings (SSSR count). The van der Waals surface area contributed by atoms with E-state index in [1.165, 1.54) is 0 Å². The van der Waals surface area contributed by atoms with Crippen molar-refractivity contribution in [2.24, 2.45) is 5.73 Å². The molecule has 1 aromatic carbocycles. The quantitative estimate of drug-likeness (QED) is 0.844. The van der Waals surface area contributed by atoms with E-state index in [1.54, 1.807) is 0 Å². The summed E-state index contributed by atoms with van der Waals surface area (Å²) in [6.07, 6.45) is 2.67. The topological polar surface area (TPSA) is 52.0 Å². The fourth-order valence-corrected chi connectivity index (χ4v) is 2.25. The zero-order valence-corrected chi connectivity index (χ0v) is 10.1. The molecule has 0 spiro atoms. The van der Waals surface area contributed by atoms with Crippen LogP contribution in [0.4, 0.5) is 0 Å². The van der Waals surface area contributed by atoms with E-state index in [0.29, 0.717) is 10.9 Å². The third-order valence-electron chi connectivity index (χ3n) is 3.07. The van der Waals surface area contributed by atoms with Gasteiger partial charge >= 0.3 is 0 Å². The van der Waals surface area contributed by atoms with E-state index in [0.717, 1.165) is 36.3 Å². The minimum absolute atomic E-state index is 0.214. The fourth-order valence-electron chi connectivity index (χ4n) is 2.12. The Morgan fingerprint density at radius 3 is 2.82 bits per heavy atom. The van der Waals surface area contributed by atoms with Crippen LogP contribution in [0.5, 0.6) is 0 Å². The maximum absolute atomic E-state index is 5.92. The first kappa shape index (κ1) is 10.8. The van der Waals surface area contributed by atoms with Gasteiger partial charge in [0.2, 0.25) is 5.89 Å². The van der Waals surface area contributed by atoms with Gasteiger partial charge in [-0.3, -0.25) is 0 Å². The van der Waals surface area contributed by atoms with Crippen molar-refractivity contribution in [1.29, 1.82) is 0 Å². The lowest BCUT2D eigenvalue weighted by Gasteiger charge is -2.14. The summed E-state index contributed by atoms with van der Waals surface area (Å²) in [6, 6.07) is 7.72. The lowest BCUT2D eigenvalue weighted by Crippen LogP contribution is -2.27. The van der Waals surface area contributed by atoms with Crippen molar-refractivity contribution in [3.05, 3.63) is 40.7 Å². The van der Waals surface area contributed by atoms with Crippen LogP contribution in [0, 0.1) is 0 Å². The number of fused-ring (bicyclic) bond motifs is 1. The molecule has 1 aliphatic carbocycles. The molecule has 0 amide bonds. The smallest absolute Gasteiger partial charge is 0.226 e. The highest BCUT2D eigenvalue weighted by molar-refractivity contribution is 6.30. The molecule has 4 heteroatoms. The molecule has 2 N–H and O–H groups in total. The number of aromatic nitrogens is 1. The van der Waals surface area contributed by atoms with Crippen LogP contribution >= 0.6 is 11.6 Å². The summed E-state index contributed by atoms with van der Waals surface area (Å²) in [5, 5.41) is 0.715. The zero-order valence-electron chi connectivity index (χ0n) is 9.32. The molecule has 1 aromatic heterocycles. The molecular formula is C13H13ClN2O. The summed E-state index contributed by atoms with van der Waals surface area (Å²) < 4.78 is 5.77. The normalized spacial score (nSPS) is 19.1. The second kappa shape index (κ2) is 4.17. The van der Waals surface area contributed by atoms with Gasteiger partial charge in [0.25, 0.3) is 0 Å². The van der Waals surface area contributed by atoms with E-state index in [-0.39, 0.29) is 6.04 Å². The molecule has 0 radical (unpaired) electrons. The molecule has 0 saturated carbocycles. The highest BCUT2D eigenvalue weighted by Gasteiger charge is 2.22. The van der Waals surface area contributed by atoms with Crippen LogP contribution in [0.25, 0.3) is 11.5 Å². The summed E-state index contributed by atoms with van der Waals surface area (Å²) in [7, 11) is 0. The minimum Gasteiger partial charge on any atom is -0.441 e. The molecule has 3 nitrogen and oxygen atoms in total. The van der Waals surface area contributed by atoms with Crippen LogP contribution in [0.2, 0.25) is 5.02 Å². The monoisotopic (exact) mass is 248 g/mol. The van der Waals surface area contributed by atoms with Crippen molar-refractivity contribution in [2.75, 3.05) is 0 Å². The van der Waals surface area contributed by atoms with E-state index in [9.17, 15) is 0 Å². The van der Waals surface area contributed by atoms with Crippen molar-refractivity contribution in [1.82, 2.24) is 4.98 Å². The Balaban J connectivity index is 1.97. The maximum atomic E-state index is 5.92. The maximum Gasteiger partial charge on any atom is 0.226 e. The van der Waals surface area contributed by atoms with E-state index in [4.69, 9.17) is 21.8 Å². The fraction of sp³-hybridized carbons (Fsp3) is 0.308. The molecule has 0 bridgehead atoms. The van der Waals surface area contributed by atoms with Gasteiger partial charge in [-0.2, -0.15) is 0 Å². The molecule has 1 unspecified atom stereocenters. The van der Waals surface area contributed by atoms with Gasteiger partial charge in [0.1, 0.15) is 5.76 Å². The van der Waals surface area contributed by atoms with Crippen LogP contribution in [0.15, 0.2) is 28.7 Å². The molecule has 0 saturated heterocycles. The third-order valence-corrected chi connectivity index (χ3v) is 3.32. The van der Waals surface area contributed by atoms with Crippen molar-refractivity contribution < 1.29 is 4.42 Å². The van der Waals surface area contributed by atoms with Gasteiger partial charge in [-0.05, 0) is 30.7 Å². The van der Waals surface area contributed by atoms with Crippen molar-refractivity contribution in [3.63, 3.8) is 0 Å². The second-order valence-corrected chi connectivity index (χ2v) is 4.84. The summed E-state index contributed by atoms with van der Waals surface area (Å²) in [6.45, 7) is 0. The SMILES string of the molecule is NC1CCc2oc(-c3ccc(Cl)cc3)nc2C1. The van der Waals surface area contributed by atoms with Crippen LogP contribution in [0.3, 0.4) is 0 Å². The Labute approximate surface area is 105 Å². The van der Waals surface area contributed by atoms with Crippen LogP contribution < -0.4 is 5.73 Å². The Hall–Kier alpha value is -1.32. The lowest BCUT2D eigenvalue weighted by molar-refractivity contribution is 0.463. The molecular weight excluding hydrogens is 236 g/mol. The van der Waals surface area contributed by atoms with Gasteiger partial charge in [0.15, 0.2) is 0 Å². The number of hydrogen-bond donors (Lipinski definition) is 1. The largest absolute Gasteiger partial charge is 0.441 e. The summed E-state index contributed by atoms with van der Waals surface area (Å²) >= 11 is 5.85. The number of hydrogen-bond acceptors (Lipinski definition) is 3. The van der Waals surface area contributed by atoms with Gasteiger partial charge in [-0.1, -0.05) is 11.6 Å². The van der Waals surface area contributed by atoms with Gasteiger partial charge in [0, 0.05) is 29.5 Å². The van der Waals surface area contributed by atoms with Crippen LogP contribution in [0.1, 0.15) is 17.9 Å². The Morgan fingerprint density at radius 2 is 2.06 bits per heavy atom. The summed E-state index contributed by atoms with van der Waals surface area (Å²) in [5.74, 6) is 1.65. The minimum atomic E-state index is 0.214. The highest BCUT2D eigenvalue weighted by atomic mass is 35.5. The highest BCUT2D eigenvalue weighted by Crippen LogP contribution is 2.27. The molecule has 0 aliphatic heterocycles. The Bertz CT molecular complexity index is 533. The second-order valence-electron chi connectivity index (χ2n) is 4.40. The molecule has 0 fully saturated rings. The number of oxazole rings is 1. The Kier molecular flexibility index (Phi) is 2.65. The van der Waals surface area contributed by atoms with Crippen LogP contribution in [-0.2, 0) is 12.8 Å². The average molecular weight is 249 g/mol. The predicted molar refractivity (Wildman–Crippen MR) is 66.9 cm³/mol. The van der Waals surface area contributed by atoms with E-state index in [2.05, 4.69) is 4.98 Å². The summed E-state index contributed by atoms with van der Waals surface area (Å²) in [4.78, 5) is 4.51. The molecule has 1 heterocycles. The van der Waals surface area contributed by atoms with Crippen molar-refractivity contribution in [2.45, 2.75) is 25.3 Å². The van der Waals surface area contributed by atoms with Gasteiger partial charge in [-0.25, -0.2) is 4.98 Å². The standard InChI is InChI=1S/C13H13ClN2O/c14-9-3-1-8(2-4-9)13-16-11-7-10(15)5-6-12(11)17-13/h1-4,10H,5-7,15H2. The van der Waals surface area contributed by atoms with Crippen molar-refractivity contribution >= 4 is 11.6 Å². The summed E-state index contributed by atoms with van der Waals surface area (Å²) in [5.41, 5.74) is 7.88. The zero-order chi connectivity index (χ0) is 11.8. The van der Waals surface area contributed by atoms with E-state index >= 15 is 0 Å². The lowest BCUT2D eigenvalue weighted by atomic mass is 9.98. The molecule has 1 aliphatic rings. The first-order chi connectivity index (χ1) is 8.22. The first-order valence-electron chi connectivity index (χ1n) is 5.72. The third kappa shape index (κ3) is 2.08. The first-order valence-corrected chi connectivity index (χ1v) is 6.10. The van der Waals surface area contributed by atoms with E-state index < -0.39 is 0 Å². The van der Waals surface area contributed by atoms with Gasteiger partial charge in [0.05, 0.1) is 5.69 Å². The van der Waals surface area contributed by atoms with Gasteiger partial charge in [-0.15, -0.1) is 0 Å². The van der Waals surface area contributed by atoms with Crippen molar-refractivity contribution in [3.8, 4) is 11.5 Å². The predicted octanol–water partition coefficient (Wildman–Crippen LogP) is 2.81. The molecule has 1 atom stereocenters. The van der Waals surface area contributed by atoms with E-state index in [1.807, 2.05) is 24.3 Å². The van der Waals surface area contributed by atoms with Gasteiger partial charge < -0.3 is 10.2 Å². The number of nitrogens with two attached hydrogens (primary N) is 1. The number of nitrogens with zero attached hydrogens (tertiary/aromatic N) is 1. The number of aryl methyl sites for hydroxylation is 1. The molecule has 2 aromatic rings. The molecule has 17 heavy (non-hydrogen) atoms. The Morgan fingerprint density at radius 1 is 1.29 bits per heavy atom. The number of rotatable bonds is 1. The molecule has 88 valence electrons.